The third-order valence-corrected chi connectivity index (χ3v) is 4.68. The Balaban J connectivity index is 2.62. The van der Waals surface area contributed by atoms with Crippen LogP contribution in [0.3, 0.4) is 0 Å². The maximum absolute atomic E-state index is 12.1. The van der Waals surface area contributed by atoms with Crippen molar-refractivity contribution in [2.75, 3.05) is 12.3 Å². The Labute approximate surface area is 130 Å². The Kier molecular flexibility index (Phi) is 6.44. The van der Waals surface area contributed by atoms with Crippen molar-refractivity contribution < 1.29 is 13.2 Å². The first-order valence-electron chi connectivity index (χ1n) is 6.60. The maximum Gasteiger partial charge on any atom is 0.242 e. The summed E-state index contributed by atoms with van der Waals surface area (Å²) in [6.45, 7) is 3.83. The fraction of sp³-hybridized carbons (Fsp3) is 0.462. The molecule has 1 unspecified atom stereocenters. The van der Waals surface area contributed by atoms with Crippen LogP contribution < -0.4 is 15.8 Å². The van der Waals surface area contributed by atoms with Crippen LogP contribution in [0.4, 0.5) is 5.69 Å². The van der Waals surface area contributed by atoms with Crippen LogP contribution in [0.5, 0.6) is 0 Å². The largest absolute Gasteiger partial charge is 0.398 e. The van der Waals surface area contributed by atoms with E-state index in [0.29, 0.717) is 0 Å². The second-order valence-electron chi connectivity index (χ2n) is 4.71. The van der Waals surface area contributed by atoms with Crippen molar-refractivity contribution in [1.82, 2.24) is 10.0 Å². The number of hydrogen-bond acceptors (Lipinski definition) is 4. The molecular formula is C13H20ClN3O3S. The number of nitrogens with two attached hydrogens (primary N) is 1. The van der Waals surface area contributed by atoms with Crippen LogP contribution in [-0.2, 0) is 14.8 Å². The third kappa shape index (κ3) is 5.53. The molecule has 1 rings (SSSR count). The zero-order valence-electron chi connectivity index (χ0n) is 12.0. The molecule has 1 aromatic carbocycles. The number of halogens is 1. The minimum atomic E-state index is -3.78. The Hall–Kier alpha value is -1.31. The Morgan fingerprint density at radius 3 is 2.71 bits per heavy atom. The van der Waals surface area contributed by atoms with Gasteiger partial charge < -0.3 is 11.1 Å². The lowest BCUT2D eigenvalue weighted by Crippen LogP contribution is -2.35. The smallest absolute Gasteiger partial charge is 0.242 e. The molecule has 0 saturated heterocycles. The topological polar surface area (TPSA) is 101 Å². The van der Waals surface area contributed by atoms with E-state index in [4.69, 9.17) is 17.3 Å². The summed E-state index contributed by atoms with van der Waals surface area (Å²) in [7, 11) is -3.78. The van der Waals surface area contributed by atoms with E-state index in [-0.39, 0.29) is 40.5 Å². The van der Waals surface area contributed by atoms with E-state index in [1.807, 2.05) is 13.8 Å². The lowest BCUT2D eigenvalue weighted by Gasteiger charge is -2.12. The number of sulfonamides is 1. The van der Waals surface area contributed by atoms with E-state index in [0.717, 1.165) is 6.42 Å². The molecule has 0 heterocycles. The van der Waals surface area contributed by atoms with Crippen LogP contribution in [-0.4, -0.2) is 26.9 Å². The summed E-state index contributed by atoms with van der Waals surface area (Å²) in [5, 5.41) is 3.03. The molecule has 1 aromatic rings. The molecule has 0 aliphatic carbocycles. The summed E-state index contributed by atoms with van der Waals surface area (Å²) < 4.78 is 26.5. The van der Waals surface area contributed by atoms with Crippen molar-refractivity contribution in [2.45, 2.75) is 37.6 Å². The van der Waals surface area contributed by atoms with Crippen LogP contribution in [0.15, 0.2) is 23.1 Å². The zero-order valence-corrected chi connectivity index (χ0v) is 13.6. The number of anilines is 1. The molecule has 1 amide bonds. The van der Waals surface area contributed by atoms with Crippen LogP contribution in [0.2, 0.25) is 5.02 Å². The highest BCUT2D eigenvalue weighted by atomic mass is 35.5. The zero-order chi connectivity index (χ0) is 16.0. The van der Waals surface area contributed by atoms with Crippen molar-refractivity contribution in [1.29, 1.82) is 0 Å². The molecule has 0 radical (unpaired) electrons. The number of rotatable bonds is 7. The van der Waals surface area contributed by atoms with E-state index in [2.05, 4.69) is 10.0 Å². The average molecular weight is 334 g/mol. The standard InChI is InChI=1S/C13H20ClN3O3S/c1-3-9(2)17-13(18)6-7-16-21(19,20)12-8-10(14)4-5-11(12)15/h4-5,8-9,16H,3,6-7,15H2,1-2H3,(H,17,18). The summed E-state index contributed by atoms with van der Waals surface area (Å²) in [4.78, 5) is 11.5. The Bertz CT molecular complexity index is 605. The summed E-state index contributed by atoms with van der Waals surface area (Å²) in [6, 6.07) is 4.28. The van der Waals surface area contributed by atoms with Crippen molar-refractivity contribution >= 4 is 33.2 Å². The van der Waals surface area contributed by atoms with E-state index in [1.165, 1.54) is 18.2 Å². The highest BCUT2D eigenvalue weighted by molar-refractivity contribution is 7.89. The molecule has 6 nitrogen and oxygen atoms in total. The molecule has 21 heavy (non-hydrogen) atoms. The molecule has 1 atom stereocenters. The Morgan fingerprint density at radius 1 is 1.43 bits per heavy atom. The van der Waals surface area contributed by atoms with Gasteiger partial charge in [0.2, 0.25) is 15.9 Å². The highest BCUT2D eigenvalue weighted by Gasteiger charge is 2.18. The molecule has 4 N–H and O–H groups in total. The van der Waals surface area contributed by atoms with Crippen molar-refractivity contribution in [3.05, 3.63) is 23.2 Å². The second kappa shape index (κ2) is 7.63. The lowest BCUT2D eigenvalue weighted by atomic mass is 10.2. The molecule has 0 bridgehead atoms. The summed E-state index contributed by atoms with van der Waals surface area (Å²) >= 11 is 5.77. The fourth-order valence-electron chi connectivity index (χ4n) is 1.57. The summed E-state index contributed by atoms with van der Waals surface area (Å²) in [5.41, 5.74) is 5.74. The van der Waals surface area contributed by atoms with Gasteiger partial charge in [-0.15, -0.1) is 0 Å². The number of amides is 1. The van der Waals surface area contributed by atoms with E-state index in [1.54, 1.807) is 0 Å². The van der Waals surface area contributed by atoms with Gasteiger partial charge in [-0.25, -0.2) is 13.1 Å². The molecular weight excluding hydrogens is 314 g/mol. The van der Waals surface area contributed by atoms with Gasteiger partial charge in [0.1, 0.15) is 4.90 Å². The first kappa shape index (κ1) is 17.7. The summed E-state index contributed by atoms with van der Waals surface area (Å²) in [6.07, 6.45) is 0.876. The van der Waals surface area contributed by atoms with Gasteiger partial charge in [0.25, 0.3) is 0 Å². The first-order chi connectivity index (χ1) is 9.76. The molecule has 0 saturated carbocycles. The van der Waals surface area contributed by atoms with E-state index in [9.17, 15) is 13.2 Å². The molecule has 118 valence electrons. The van der Waals surface area contributed by atoms with Gasteiger partial charge in [-0.3, -0.25) is 4.79 Å². The first-order valence-corrected chi connectivity index (χ1v) is 8.46. The Morgan fingerprint density at radius 2 is 2.10 bits per heavy atom. The molecule has 8 heteroatoms. The van der Waals surface area contributed by atoms with Gasteiger partial charge in [0.05, 0.1) is 5.69 Å². The minimum Gasteiger partial charge on any atom is -0.398 e. The van der Waals surface area contributed by atoms with Crippen LogP contribution in [0, 0.1) is 0 Å². The second-order valence-corrected chi connectivity index (χ2v) is 6.88. The number of nitrogen functional groups attached to an aromatic ring is 1. The third-order valence-electron chi connectivity index (χ3n) is 2.93. The van der Waals surface area contributed by atoms with Crippen molar-refractivity contribution in [3.63, 3.8) is 0 Å². The van der Waals surface area contributed by atoms with Crippen molar-refractivity contribution in [3.8, 4) is 0 Å². The number of benzene rings is 1. The molecule has 0 aromatic heterocycles. The molecule has 0 fully saturated rings. The van der Waals surface area contributed by atoms with Gasteiger partial charge in [-0.05, 0) is 31.5 Å². The lowest BCUT2D eigenvalue weighted by molar-refractivity contribution is -0.121. The highest BCUT2D eigenvalue weighted by Crippen LogP contribution is 2.22. The number of hydrogen-bond donors (Lipinski definition) is 3. The van der Waals surface area contributed by atoms with Crippen LogP contribution >= 0.6 is 11.6 Å². The van der Waals surface area contributed by atoms with Crippen LogP contribution in [0.1, 0.15) is 26.7 Å². The predicted octanol–water partition coefficient (Wildman–Crippen LogP) is 1.51. The monoisotopic (exact) mass is 333 g/mol. The number of carbonyl (C=O) groups excluding carboxylic acids is 1. The summed E-state index contributed by atoms with van der Waals surface area (Å²) in [5.74, 6) is -0.203. The van der Waals surface area contributed by atoms with Crippen LogP contribution in [0.25, 0.3) is 0 Å². The average Bonchev–Trinajstić information content (AvgIpc) is 2.40. The normalized spacial score (nSPS) is 12.9. The SMILES string of the molecule is CCC(C)NC(=O)CCNS(=O)(=O)c1cc(Cl)ccc1N. The van der Waals surface area contributed by atoms with E-state index >= 15 is 0 Å². The van der Waals surface area contributed by atoms with Gasteiger partial charge >= 0.3 is 0 Å². The quantitative estimate of drug-likeness (QED) is 0.658. The van der Waals surface area contributed by atoms with E-state index < -0.39 is 10.0 Å². The maximum atomic E-state index is 12.1. The van der Waals surface area contributed by atoms with Crippen molar-refractivity contribution in [2.24, 2.45) is 0 Å². The van der Waals surface area contributed by atoms with Gasteiger partial charge in [-0.2, -0.15) is 0 Å². The number of nitrogens with one attached hydrogen (secondary N) is 2. The van der Waals surface area contributed by atoms with Gasteiger partial charge in [-0.1, -0.05) is 18.5 Å². The predicted molar refractivity (Wildman–Crippen MR) is 83.6 cm³/mol. The minimum absolute atomic E-state index is 0.00342. The molecule has 0 aliphatic rings. The molecule has 0 aliphatic heterocycles. The van der Waals surface area contributed by atoms with Gasteiger partial charge in [0.15, 0.2) is 0 Å². The van der Waals surface area contributed by atoms with Gasteiger partial charge in [0, 0.05) is 24.0 Å². The molecule has 0 spiro atoms. The fourth-order valence-corrected chi connectivity index (χ4v) is 2.99. The number of carbonyl (C=O) groups is 1.